The first kappa shape index (κ1) is 14.8. The minimum atomic E-state index is -3.47. The molecule has 2 atom stereocenters. The molecule has 106 valence electrons. The molecule has 0 radical (unpaired) electrons. The van der Waals surface area contributed by atoms with Crippen molar-refractivity contribution in [3.63, 3.8) is 0 Å². The predicted octanol–water partition coefficient (Wildman–Crippen LogP) is 2.98. The predicted molar refractivity (Wildman–Crippen MR) is 80.4 cm³/mol. The van der Waals surface area contributed by atoms with Crippen LogP contribution in [0.1, 0.15) is 33.1 Å². The van der Waals surface area contributed by atoms with Crippen molar-refractivity contribution in [3.05, 3.63) is 22.7 Å². The average Bonchev–Trinajstić information content (AvgIpc) is 2.32. The van der Waals surface area contributed by atoms with Gasteiger partial charge in [-0.2, -0.15) is 4.31 Å². The summed E-state index contributed by atoms with van der Waals surface area (Å²) in [6, 6.07) is 4.89. The summed E-state index contributed by atoms with van der Waals surface area (Å²) >= 11 is 3.28. The van der Waals surface area contributed by atoms with Gasteiger partial charge in [0.05, 0.1) is 4.90 Å². The normalized spacial score (nSPS) is 25.4. The molecule has 1 aromatic rings. The lowest BCUT2D eigenvalue weighted by molar-refractivity contribution is 0.204. The molecule has 19 heavy (non-hydrogen) atoms. The van der Waals surface area contributed by atoms with Crippen LogP contribution in [0.5, 0.6) is 0 Å². The van der Waals surface area contributed by atoms with E-state index in [1.807, 2.05) is 13.8 Å². The summed E-state index contributed by atoms with van der Waals surface area (Å²) in [7, 11) is -3.47. The van der Waals surface area contributed by atoms with Gasteiger partial charge in [0.15, 0.2) is 0 Å². The molecule has 0 unspecified atom stereocenters. The average molecular weight is 347 g/mol. The van der Waals surface area contributed by atoms with E-state index in [1.54, 1.807) is 16.4 Å². The van der Waals surface area contributed by atoms with Crippen molar-refractivity contribution in [1.82, 2.24) is 4.31 Å². The second kappa shape index (κ2) is 5.42. The number of rotatable bonds is 2. The van der Waals surface area contributed by atoms with Crippen LogP contribution in [-0.2, 0) is 10.0 Å². The van der Waals surface area contributed by atoms with Crippen LogP contribution < -0.4 is 5.73 Å². The molecule has 0 spiro atoms. The maximum Gasteiger partial charge on any atom is 0.243 e. The lowest BCUT2D eigenvalue weighted by Crippen LogP contribution is -2.47. The highest BCUT2D eigenvalue weighted by Crippen LogP contribution is 2.31. The zero-order valence-corrected chi connectivity index (χ0v) is 13.5. The molecule has 0 aliphatic carbocycles. The van der Waals surface area contributed by atoms with E-state index in [4.69, 9.17) is 5.73 Å². The molecule has 1 saturated heterocycles. The number of hydrogen-bond donors (Lipinski definition) is 1. The third kappa shape index (κ3) is 2.80. The van der Waals surface area contributed by atoms with Crippen molar-refractivity contribution in [3.8, 4) is 0 Å². The van der Waals surface area contributed by atoms with Gasteiger partial charge in [-0.05, 0) is 60.8 Å². The molecule has 2 N–H and O–H groups in total. The number of nitrogens with two attached hydrogens (primary N) is 1. The smallest absolute Gasteiger partial charge is 0.243 e. The maximum atomic E-state index is 12.7. The van der Waals surface area contributed by atoms with Gasteiger partial charge in [-0.15, -0.1) is 0 Å². The Morgan fingerprint density at radius 1 is 1.26 bits per heavy atom. The number of nitrogens with zero attached hydrogens (tertiary/aromatic N) is 1. The Kier molecular flexibility index (Phi) is 4.23. The number of piperidine rings is 1. The molecule has 2 rings (SSSR count). The van der Waals surface area contributed by atoms with E-state index in [2.05, 4.69) is 15.9 Å². The van der Waals surface area contributed by atoms with E-state index < -0.39 is 10.0 Å². The summed E-state index contributed by atoms with van der Waals surface area (Å²) < 4.78 is 27.8. The summed E-state index contributed by atoms with van der Waals surface area (Å²) in [6.07, 6.45) is 2.90. The van der Waals surface area contributed by atoms with E-state index in [9.17, 15) is 8.42 Å². The summed E-state index contributed by atoms with van der Waals surface area (Å²) in [6.45, 7) is 3.94. The molecule has 0 aromatic heterocycles. The monoisotopic (exact) mass is 346 g/mol. The zero-order valence-electron chi connectivity index (χ0n) is 11.1. The first-order chi connectivity index (χ1) is 8.84. The van der Waals surface area contributed by atoms with Gasteiger partial charge in [0, 0.05) is 22.2 Å². The summed E-state index contributed by atoms with van der Waals surface area (Å²) in [5, 5.41) is 0. The summed E-state index contributed by atoms with van der Waals surface area (Å²) in [5.41, 5.74) is 6.23. The Balaban J connectivity index is 2.43. The maximum absolute atomic E-state index is 12.7. The molecular formula is C13H19BrN2O2S. The lowest BCUT2D eigenvalue weighted by atomic mass is 10.0. The Labute approximate surface area is 123 Å². The van der Waals surface area contributed by atoms with Crippen molar-refractivity contribution in [2.45, 2.75) is 50.1 Å². The SMILES string of the molecule is C[C@@H]1CCC[C@H](C)N1S(=O)(=O)c1ccc(Br)c(N)c1. The van der Waals surface area contributed by atoms with Crippen LogP contribution in [0, 0.1) is 0 Å². The quantitative estimate of drug-likeness (QED) is 0.837. The molecule has 0 bridgehead atoms. The Hall–Kier alpha value is -0.590. The van der Waals surface area contributed by atoms with Crippen molar-refractivity contribution >= 4 is 31.6 Å². The fourth-order valence-corrected chi connectivity index (χ4v) is 4.84. The Bertz CT molecular complexity index is 564. The standard InChI is InChI=1S/C13H19BrN2O2S/c1-9-4-3-5-10(2)16(9)19(17,18)11-6-7-12(14)13(15)8-11/h6-10H,3-5,15H2,1-2H3/t9-,10+. The van der Waals surface area contributed by atoms with Crippen LogP contribution in [0.25, 0.3) is 0 Å². The van der Waals surface area contributed by atoms with Gasteiger partial charge in [-0.25, -0.2) is 8.42 Å². The molecule has 0 amide bonds. The van der Waals surface area contributed by atoms with Gasteiger partial charge < -0.3 is 5.73 Å². The summed E-state index contributed by atoms with van der Waals surface area (Å²) in [4.78, 5) is 0.272. The van der Waals surface area contributed by atoms with E-state index >= 15 is 0 Å². The second-order valence-electron chi connectivity index (χ2n) is 5.15. The number of benzene rings is 1. The molecule has 1 aromatic carbocycles. The highest BCUT2D eigenvalue weighted by molar-refractivity contribution is 9.10. The van der Waals surface area contributed by atoms with E-state index in [-0.39, 0.29) is 17.0 Å². The highest BCUT2D eigenvalue weighted by Gasteiger charge is 2.35. The first-order valence-electron chi connectivity index (χ1n) is 6.42. The molecule has 6 heteroatoms. The number of halogens is 1. The second-order valence-corrected chi connectivity index (χ2v) is 7.84. The van der Waals surface area contributed by atoms with Gasteiger partial charge in [0.1, 0.15) is 0 Å². The van der Waals surface area contributed by atoms with Gasteiger partial charge in [0.25, 0.3) is 0 Å². The van der Waals surface area contributed by atoms with Crippen molar-refractivity contribution < 1.29 is 8.42 Å². The van der Waals surface area contributed by atoms with Crippen LogP contribution >= 0.6 is 15.9 Å². The number of anilines is 1. The minimum Gasteiger partial charge on any atom is -0.398 e. The largest absolute Gasteiger partial charge is 0.398 e. The van der Waals surface area contributed by atoms with Crippen LogP contribution in [-0.4, -0.2) is 24.8 Å². The summed E-state index contributed by atoms with van der Waals surface area (Å²) in [5.74, 6) is 0. The Morgan fingerprint density at radius 3 is 2.37 bits per heavy atom. The molecule has 1 heterocycles. The van der Waals surface area contributed by atoms with Crippen LogP contribution in [0.3, 0.4) is 0 Å². The van der Waals surface area contributed by atoms with E-state index in [0.29, 0.717) is 10.2 Å². The lowest BCUT2D eigenvalue weighted by Gasteiger charge is -2.37. The third-order valence-corrected chi connectivity index (χ3v) is 6.50. The van der Waals surface area contributed by atoms with Gasteiger partial charge >= 0.3 is 0 Å². The fourth-order valence-electron chi connectivity index (χ4n) is 2.68. The zero-order chi connectivity index (χ0) is 14.2. The molecular weight excluding hydrogens is 328 g/mol. The molecule has 4 nitrogen and oxygen atoms in total. The van der Waals surface area contributed by atoms with Crippen LogP contribution in [0.4, 0.5) is 5.69 Å². The molecule has 1 aliphatic rings. The highest BCUT2D eigenvalue weighted by atomic mass is 79.9. The fraction of sp³-hybridized carbons (Fsp3) is 0.538. The van der Waals surface area contributed by atoms with Crippen LogP contribution in [0.2, 0.25) is 0 Å². The third-order valence-electron chi connectivity index (χ3n) is 3.66. The van der Waals surface area contributed by atoms with Gasteiger partial charge in [-0.3, -0.25) is 0 Å². The minimum absolute atomic E-state index is 0.0404. The van der Waals surface area contributed by atoms with E-state index in [1.165, 1.54) is 6.07 Å². The molecule has 1 aliphatic heterocycles. The van der Waals surface area contributed by atoms with Crippen molar-refractivity contribution in [2.75, 3.05) is 5.73 Å². The molecule has 1 fully saturated rings. The topological polar surface area (TPSA) is 63.4 Å². The van der Waals surface area contributed by atoms with Gasteiger partial charge in [-0.1, -0.05) is 6.42 Å². The molecule has 0 saturated carbocycles. The van der Waals surface area contributed by atoms with Crippen LogP contribution in [0.15, 0.2) is 27.6 Å². The number of sulfonamides is 1. The van der Waals surface area contributed by atoms with Crippen molar-refractivity contribution in [1.29, 1.82) is 0 Å². The van der Waals surface area contributed by atoms with Gasteiger partial charge in [0.2, 0.25) is 10.0 Å². The number of hydrogen-bond acceptors (Lipinski definition) is 3. The first-order valence-corrected chi connectivity index (χ1v) is 8.66. The Morgan fingerprint density at radius 2 is 1.84 bits per heavy atom. The van der Waals surface area contributed by atoms with Crippen molar-refractivity contribution in [2.24, 2.45) is 0 Å². The number of nitrogen functional groups attached to an aromatic ring is 1. The van der Waals surface area contributed by atoms with E-state index in [0.717, 1.165) is 19.3 Å².